The van der Waals surface area contributed by atoms with E-state index in [2.05, 4.69) is 26.2 Å². The van der Waals surface area contributed by atoms with Crippen molar-refractivity contribution >= 4 is 5.69 Å². The van der Waals surface area contributed by atoms with Crippen LogP contribution in [0.1, 0.15) is 12.8 Å². The second kappa shape index (κ2) is 5.31. The van der Waals surface area contributed by atoms with Gasteiger partial charge in [0.25, 0.3) is 0 Å². The first kappa shape index (κ1) is 12.0. The number of aromatic nitrogens is 4. The molecule has 0 saturated carbocycles. The average molecular weight is 262 g/mol. The van der Waals surface area contributed by atoms with E-state index in [1.807, 2.05) is 0 Å². The van der Waals surface area contributed by atoms with Gasteiger partial charge in [-0.2, -0.15) is 0 Å². The van der Waals surface area contributed by atoms with E-state index in [4.69, 9.17) is 0 Å². The lowest BCUT2D eigenvalue weighted by Gasteiger charge is -2.25. The average Bonchev–Trinajstić information content (AvgIpc) is 2.96. The maximum atomic E-state index is 13.8. The number of tetrazole rings is 1. The molecule has 0 bridgehead atoms. The zero-order valence-electron chi connectivity index (χ0n) is 10.4. The summed E-state index contributed by atoms with van der Waals surface area (Å²) < 4.78 is 15.3. The van der Waals surface area contributed by atoms with Gasteiger partial charge in [0.1, 0.15) is 12.1 Å². The summed E-state index contributed by atoms with van der Waals surface area (Å²) in [6.07, 6.45) is 3.48. The molecule has 1 aliphatic heterocycles. The van der Waals surface area contributed by atoms with Crippen LogP contribution in [-0.2, 0) is 0 Å². The van der Waals surface area contributed by atoms with Crippen LogP contribution in [0.25, 0.3) is 5.69 Å². The Bertz CT molecular complexity index is 535. The van der Waals surface area contributed by atoms with Gasteiger partial charge in [0, 0.05) is 6.04 Å². The minimum absolute atomic E-state index is 0.254. The maximum Gasteiger partial charge on any atom is 0.146 e. The molecule has 0 aliphatic carbocycles. The van der Waals surface area contributed by atoms with Crippen molar-refractivity contribution in [2.75, 3.05) is 18.4 Å². The van der Waals surface area contributed by atoms with E-state index in [0.29, 0.717) is 11.7 Å². The van der Waals surface area contributed by atoms with E-state index in [-0.39, 0.29) is 5.82 Å². The van der Waals surface area contributed by atoms with Crippen molar-refractivity contribution in [3.05, 3.63) is 30.3 Å². The summed E-state index contributed by atoms with van der Waals surface area (Å²) in [7, 11) is 0. The van der Waals surface area contributed by atoms with Crippen LogP contribution in [0.3, 0.4) is 0 Å². The highest BCUT2D eigenvalue weighted by Crippen LogP contribution is 2.20. The monoisotopic (exact) mass is 262 g/mol. The van der Waals surface area contributed by atoms with Crippen LogP contribution in [0, 0.1) is 5.82 Å². The molecule has 2 N–H and O–H groups in total. The zero-order chi connectivity index (χ0) is 13.1. The zero-order valence-corrected chi connectivity index (χ0v) is 10.4. The van der Waals surface area contributed by atoms with Gasteiger partial charge in [0.05, 0.1) is 11.4 Å². The third kappa shape index (κ3) is 2.70. The first-order valence-electron chi connectivity index (χ1n) is 6.33. The van der Waals surface area contributed by atoms with E-state index in [9.17, 15) is 4.39 Å². The van der Waals surface area contributed by atoms with Crippen LogP contribution in [-0.4, -0.2) is 39.3 Å². The van der Waals surface area contributed by atoms with Crippen molar-refractivity contribution in [1.82, 2.24) is 25.5 Å². The van der Waals surface area contributed by atoms with Crippen LogP contribution in [0.4, 0.5) is 10.1 Å². The van der Waals surface area contributed by atoms with Gasteiger partial charge in [-0.15, -0.1) is 5.10 Å². The molecular formula is C12H15FN6. The second-order valence-corrected chi connectivity index (χ2v) is 4.59. The summed E-state index contributed by atoms with van der Waals surface area (Å²) in [6, 6.07) is 5.12. The van der Waals surface area contributed by atoms with Crippen LogP contribution in [0.15, 0.2) is 24.5 Å². The van der Waals surface area contributed by atoms with E-state index >= 15 is 0 Å². The van der Waals surface area contributed by atoms with Gasteiger partial charge in [0.15, 0.2) is 0 Å². The number of piperidine rings is 1. The summed E-state index contributed by atoms with van der Waals surface area (Å²) in [5, 5.41) is 17.5. The molecule has 0 amide bonds. The van der Waals surface area contributed by atoms with Crippen LogP contribution in [0.5, 0.6) is 0 Å². The molecule has 0 atom stereocenters. The Hall–Kier alpha value is -2.02. The number of hydrogen-bond acceptors (Lipinski definition) is 5. The summed E-state index contributed by atoms with van der Waals surface area (Å²) in [5.74, 6) is -0.254. The third-order valence-corrected chi connectivity index (χ3v) is 3.26. The molecule has 0 unspecified atom stereocenters. The normalized spacial score (nSPS) is 16.5. The van der Waals surface area contributed by atoms with Gasteiger partial charge in [-0.1, -0.05) is 0 Å². The van der Waals surface area contributed by atoms with E-state index in [1.165, 1.54) is 17.1 Å². The van der Waals surface area contributed by atoms with Crippen molar-refractivity contribution in [2.45, 2.75) is 18.9 Å². The molecule has 19 heavy (non-hydrogen) atoms. The van der Waals surface area contributed by atoms with Crippen LogP contribution in [0.2, 0.25) is 0 Å². The summed E-state index contributed by atoms with van der Waals surface area (Å²) in [5.41, 5.74) is 1.24. The predicted octanol–water partition coefficient (Wildman–Crippen LogP) is 0.965. The molecule has 0 radical (unpaired) electrons. The molecule has 6 nitrogen and oxygen atoms in total. The molecule has 7 heteroatoms. The van der Waals surface area contributed by atoms with E-state index in [1.54, 1.807) is 12.1 Å². The first-order chi connectivity index (χ1) is 9.33. The van der Waals surface area contributed by atoms with E-state index in [0.717, 1.165) is 31.6 Å². The summed E-state index contributed by atoms with van der Waals surface area (Å²) in [6.45, 7) is 1.93. The van der Waals surface area contributed by atoms with Gasteiger partial charge < -0.3 is 10.6 Å². The highest BCUT2D eigenvalue weighted by atomic mass is 19.1. The number of nitrogens with one attached hydrogen (secondary N) is 2. The number of rotatable bonds is 3. The van der Waals surface area contributed by atoms with Crippen LogP contribution >= 0.6 is 0 Å². The van der Waals surface area contributed by atoms with Crippen molar-refractivity contribution in [1.29, 1.82) is 0 Å². The Kier molecular flexibility index (Phi) is 3.37. The third-order valence-electron chi connectivity index (χ3n) is 3.26. The largest absolute Gasteiger partial charge is 0.380 e. The summed E-state index contributed by atoms with van der Waals surface area (Å²) >= 11 is 0. The molecule has 2 heterocycles. The topological polar surface area (TPSA) is 67.7 Å². The molecule has 1 aliphatic rings. The maximum absolute atomic E-state index is 13.8. The number of anilines is 1. The van der Waals surface area contributed by atoms with Crippen LogP contribution < -0.4 is 10.6 Å². The van der Waals surface area contributed by atoms with Gasteiger partial charge >= 0.3 is 0 Å². The van der Waals surface area contributed by atoms with Crippen molar-refractivity contribution < 1.29 is 4.39 Å². The molecule has 0 spiro atoms. The fourth-order valence-corrected chi connectivity index (χ4v) is 2.23. The minimum Gasteiger partial charge on any atom is -0.380 e. The highest BCUT2D eigenvalue weighted by Gasteiger charge is 2.15. The van der Waals surface area contributed by atoms with Gasteiger partial charge in [-0.05, 0) is 54.6 Å². The minimum atomic E-state index is -0.254. The molecule has 1 saturated heterocycles. The smallest absolute Gasteiger partial charge is 0.146 e. The molecule has 1 aromatic heterocycles. The quantitative estimate of drug-likeness (QED) is 0.862. The van der Waals surface area contributed by atoms with E-state index < -0.39 is 0 Å². The number of benzene rings is 1. The Labute approximate surface area is 110 Å². The molecular weight excluding hydrogens is 247 g/mol. The molecule has 2 aromatic rings. The second-order valence-electron chi connectivity index (χ2n) is 4.59. The number of nitrogens with zero attached hydrogens (tertiary/aromatic N) is 4. The Morgan fingerprint density at radius 3 is 2.89 bits per heavy atom. The molecule has 1 aromatic carbocycles. The first-order valence-corrected chi connectivity index (χ1v) is 6.33. The Morgan fingerprint density at radius 1 is 1.32 bits per heavy atom. The van der Waals surface area contributed by atoms with Gasteiger partial charge in [-0.3, -0.25) is 0 Å². The number of halogens is 1. The molecule has 100 valence electrons. The van der Waals surface area contributed by atoms with Crippen molar-refractivity contribution in [2.24, 2.45) is 0 Å². The van der Waals surface area contributed by atoms with Crippen molar-refractivity contribution in [3.63, 3.8) is 0 Å². The standard InChI is InChI=1S/C12H15FN6/c13-11-2-1-10(19-8-15-17-18-19)7-12(11)16-9-3-5-14-6-4-9/h1-2,7-9,14,16H,3-6H2. The van der Waals surface area contributed by atoms with Crippen molar-refractivity contribution in [3.8, 4) is 5.69 Å². The number of hydrogen-bond donors (Lipinski definition) is 2. The summed E-state index contributed by atoms with van der Waals surface area (Å²) in [4.78, 5) is 0. The van der Waals surface area contributed by atoms with Gasteiger partial charge in [-0.25, -0.2) is 9.07 Å². The predicted molar refractivity (Wildman–Crippen MR) is 68.6 cm³/mol. The molecule has 3 rings (SSSR count). The fraction of sp³-hybridized carbons (Fsp3) is 0.417. The lowest BCUT2D eigenvalue weighted by Crippen LogP contribution is -2.35. The Balaban J connectivity index is 1.81. The SMILES string of the molecule is Fc1ccc(-n2cnnn2)cc1NC1CCNCC1. The highest BCUT2D eigenvalue weighted by molar-refractivity contribution is 5.52. The Morgan fingerprint density at radius 2 is 2.16 bits per heavy atom. The lowest BCUT2D eigenvalue weighted by atomic mass is 10.1. The van der Waals surface area contributed by atoms with Gasteiger partial charge in [0.2, 0.25) is 0 Å². The lowest BCUT2D eigenvalue weighted by molar-refractivity contribution is 0.477. The molecule has 1 fully saturated rings. The fourth-order valence-electron chi connectivity index (χ4n) is 2.23.